The number of thioether (sulfide) groups is 1. The molecule has 0 bridgehead atoms. The molecule has 1 fully saturated rings. The van der Waals surface area contributed by atoms with Crippen molar-refractivity contribution in [3.8, 4) is 17.2 Å². The summed E-state index contributed by atoms with van der Waals surface area (Å²) in [5.41, 5.74) is -1.82. The number of para-hydroxylation sites is 1. The molecule has 0 radical (unpaired) electrons. The maximum atomic E-state index is 13.0. The molecule has 2 amide bonds. The molecule has 0 atom stereocenters. The minimum absolute atomic E-state index is 0.0256. The molecule has 0 spiro atoms. The number of benzene rings is 3. The number of rotatable bonds is 8. The topological polar surface area (TPSA) is 142 Å². The Hall–Kier alpha value is -4.92. The van der Waals surface area contributed by atoms with E-state index in [1.54, 1.807) is 6.07 Å². The van der Waals surface area contributed by atoms with Crippen molar-refractivity contribution in [3.05, 3.63) is 102 Å². The number of hydrogen-bond donors (Lipinski definition) is 0. The lowest BCUT2D eigenvalue weighted by Crippen LogP contribution is -2.27. The van der Waals surface area contributed by atoms with Crippen LogP contribution in [0.2, 0.25) is 0 Å². The summed E-state index contributed by atoms with van der Waals surface area (Å²) in [4.78, 5) is 47.3. The summed E-state index contributed by atoms with van der Waals surface area (Å²) in [6.07, 6.45) is -3.42. The lowest BCUT2D eigenvalue weighted by atomic mass is 10.1. The molecule has 1 aliphatic heterocycles. The van der Waals surface area contributed by atoms with Crippen LogP contribution in [0.4, 0.5) is 29.3 Å². The Kier molecular flexibility index (Phi) is 7.77. The second-order valence-electron chi connectivity index (χ2n) is 8.10. The van der Waals surface area contributed by atoms with Crippen LogP contribution in [0.5, 0.6) is 17.2 Å². The Morgan fingerprint density at radius 1 is 0.925 bits per heavy atom. The predicted molar refractivity (Wildman–Crippen MR) is 136 cm³/mol. The Morgan fingerprint density at radius 3 is 2.25 bits per heavy atom. The molecule has 1 saturated heterocycles. The van der Waals surface area contributed by atoms with E-state index in [1.165, 1.54) is 49.6 Å². The van der Waals surface area contributed by atoms with Crippen molar-refractivity contribution in [1.82, 2.24) is 4.90 Å². The van der Waals surface area contributed by atoms with Crippen molar-refractivity contribution in [1.29, 1.82) is 0 Å². The van der Waals surface area contributed by atoms with E-state index in [2.05, 4.69) is 0 Å². The van der Waals surface area contributed by atoms with Crippen molar-refractivity contribution in [3.63, 3.8) is 0 Å². The van der Waals surface area contributed by atoms with Gasteiger partial charge in [-0.15, -0.1) is 0 Å². The first-order chi connectivity index (χ1) is 18.9. The van der Waals surface area contributed by atoms with Gasteiger partial charge in [-0.2, -0.15) is 13.2 Å². The van der Waals surface area contributed by atoms with Crippen LogP contribution in [0.25, 0.3) is 6.08 Å². The second kappa shape index (κ2) is 11.1. The smallest absolute Gasteiger partial charge is 0.416 e. The number of alkyl halides is 3. The number of hydrogen-bond acceptors (Lipinski definition) is 9. The number of carbonyl (C=O) groups excluding carboxylic acids is 2. The third kappa shape index (κ3) is 5.88. The number of methoxy groups -OCH3 is 1. The zero-order valence-corrected chi connectivity index (χ0v) is 21.0. The largest absolute Gasteiger partial charge is 0.493 e. The molecule has 0 saturated carbocycles. The van der Waals surface area contributed by atoms with E-state index in [9.17, 15) is 43.0 Å². The van der Waals surface area contributed by atoms with E-state index < -0.39 is 44.2 Å². The number of carbonyl (C=O) groups is 2. The van der Waals surface area contributed by atoms with Crippen molar-refractivity contribution in [2.75, 3.05) is 7.11 Å². The van der Waals surface area contributed by atoms with Gasteiger partial charge in [0, 0.05) is 17.7 Å². The highest BCUT2D eigenvalue weighted by molar-refractivity contribution is 8.18. The highest BCUT2D eigenvalue weighted by atomic mass is 32.2. The molecule has 3 aromatic rings. The number of amides is 2. The fraction of sp³-hybridized carbons (Fsp3) is 0.120. The standard InChI is InChI=1S/C25H16F3N3O8S/c1-38-21-10-14(6-8-20(21)39-19-9-7-16(25(26,27)28)12-18(19)31(36)37)11-22-23(32)29(24(33)40-22)13-15-4-2-3-5-17(15)30(34)35/h2-12H,13H2,1H3/b22-11+. The van der Waals surface area contributed by atoms with Crippen molar-refractivity contribution < 1.29 is 42.1 Å². The molecule has 4 rings (SSSR count). The van der Waals surface area contributed by atoms with Gasteiger partial charge in [0.05, 0.1) is 34.0 Å². The molecule has 11 nitrogen and oxygen atoms in total. The summed E-state index contributed by atoms with van der Waals surface area (Å²) in [5.74, 6) is -1.16. The lowest BCUT2D eigenvalue weighted by Gasteiger charge is -2.13. The first kappa shape index (κ1) is 28.1. The lowest BCUT2D eigenvalue weighted by molar-refractivity contribution is -0.385. The maximum Gasteiger partial charge on any atom is 0.416 e. The average Bonchev–Trinajstić information content (AvgIpc) is 3.16. The Bertz CT molecular complexity index is 1580. The van der Waals surface area contributed by atoms with Gasteiger partial charge in [-0.25, -0.2) is 0 Å². The minimum atomic E-state index is -4.79. The monoisotopic (exact) mass is 575 g/mol. The van der Waals surface area contributed by atoms with Crippen LogP contribution in [0.15, 0.2) is 65.6 Å². The van der Waals surface area contributed by atoms with Crippen LogP contribution in [0.3, 0.4) is 0 Å². The number of ether oxygens (including phenoxy) is 2. The van der Waals surface area contributed by atoms with Gasteiger partial charge in [0.15, 0.2) is 11.5 Å². The molecular formula is C25H16F3N3O8S. The summed E-state index contributed by atoms with van der Waals surface area (Å²) in [5, 5.41) is 22.0. The SMILES string of the molecule is COc1cc(/C=C2/SC(=O)N(Cc3ccccc3[N+](=O)[O-])C2=O)ccc1Oc1ccc(C(F)(F)F)cc1[N+](=O)[O-]. The highest BCUT2D eigenvalue weighted by Crippen LogP contribution is 2.41. The Balaban J connectivity index is 1.58. The van der Waals surface area contributed by atoms with Crippen molar-refractivity contribution >= 4 is 40.4 Å². The maximum absolute atomic E-state index is 13.0. The minimum Gasteiger partial charge on any atom is -0.493 e. The van der Waals surface area contributed by atoms with E-state index in [0.29, 0.717) is 29.5 Å². The van der Waals surface area contributed by atoms with Gasteiger partial charge in [-0.3, -0.25) is 34.7 Å². The van der Waals surface area contributed by atoms with Crippen LogP contribution in [-0.2, 0) is 17.5 Å². The molecule has 0 N–H and O–H groups in total. The molecule has 1 heterocycles. The van der Waals surface area contributed by atoms with Gasteiger partial charge >= 0.3 is 11.9 Å². The molecular weight excluding hydrogens is 559 g/mol. The second-order valence-corrected chi connectivity index (χ2v) is 9.10. The van der Waals surface area contributed by atoms with Crippen LogP contribution < -0.4 is 9.47 Å². The Labute approximate surface area is 227 Å². The molecule has 206 valence electrons. The summed E-state index contributed by atoms with van der Waals surface area (Å²) >= 11 is 0.629. The summed E-state index contributed by atoms with van der Waals surface area (Å²) < 4.78 is 49.7. The zero-order chi connectivity index (χ0) is 29.2. The van der Waals surface area contributed by atoms with Crippen LogP contribution in [0.1, 0.15) is 16.7 Å². The fourth-order valence-corrected chi connectivity index (χ4v) is 4.52. The third-order valence-electron chi connectivity index (χ3n) is 5.58. The van der Waals surface area contributed by atoms with Crippen LogP contribution in [0, 0.1) is 20.2 Å². The van der Waals surface area contributed by atoms with E-state index in [4.69, 9.17) is 9.47 Å². The third-order valence-corrected chi connectivity index (χ3v) is 6.49. The highest BCUT2D eigenvalue weighted by Gasteiger charge is 2.36. The van der Waals surface area contributed by atoms with Gasteiger partial charge in [0.2, 0.25) is 5.75 Å². The normalized spacial score (nSPS) is 14.5. The number of halogens is 3. The fourth-order valence-electron chi connectivity index (χ4n) is 3.68. The molecule has 0 aliphatic carbocycles. The van der Waals surface area contributed by atoms with Gasteiger partial charge in [-0.1, -0.05) is 24.3 Å². The van der Waals surface area contributed by atoms with Gasteiger partial charge in [-0.05, 0) is 47.7 Å². The summed E-state index contributed by atoms with van der Waals surface area (Å²) in [6, 6.07) is 11.7. The van der Waals surface area contributed by atoms with E-state index >= 15 is 0 Å². The quantitative estimate of drug-likeness (QED) is 0.166. The number of nitro benzene ring substituents is 2. The molecule has 0 unspecified atom stereocenters. The summed E-state index contributed by atoms with van der Waals surface area (Å²) in [7, 11) is 1.26. The van der Waals surface area contributed by atoms with E-state index in [1.807, 2.05) is 0 Å². The van der Waals surface area contributed by atoms with Gasteiger partial charge < -0.3 is 9.47 Å². The Morgan fingerprint density at radius 2 is 1.60 bits per heavy atom. The number of nitrogens with zero attached hydrogens (tertiary/aromatic N) is 3. The van der Waals surface area contributed by atoms with Gasteiger partial charge in [0.1, 0.15) is 0 Å². The van der Waals surface area contributed by atoms with E-state index in [-0.39, 0.29) is 34.2 Å². The molecule has 15 heteroatoms. The molecule has 40 heavy (non-hydrogen) atoms. The molecule has 1 aliphatic rings. The first-order valence-corrected chi connectivity index (χ1v) is 11.9. The predicted octanol–water partition coefficient (Wildman–Crippen LogP) is 6.56. The van der Waals surface area contributed by atoms with Gasteiger partial charge in [0.25, 0.3) is 16.8 Å². The number of imide groups is 1. The molecule has 3 aromatic carbocycles. The van der Waals surface area contributed by atoms with E-state index in [0.717, 1.165) is 11.0 Å². The molecule has 0 aromatic heterocycles. The van der Waals surface area contributed by atoms with Crippen molar-refractivity contribution in [2.45, 2.75) is 12.7 Å². The summed E-state index contributed by atoms with van der Waals surface area (Å²) in [6.45, 7) is -0.304. The first-order valence-electron chi connectivity index (χ1n) is 11.1. The van der Waals surface area contributed by atoms with Crippen LogP contribution >= 0.6 is 11.8 Å². The van der Waals surface area contributed by atoms with Crippen molar-refractivity contribution in [2.24, 2.45) is 0 Å². The zero-order valence-electron chi connectivity index (χ0n) is 20.2. The average molecular weight is 575 g/mol. The van der Waals surface area contributed by atoms with Crippen LogP contribution in [-0.4, -0.2) is 33.0 Å². The number of nitro groups is 2.